The van der Waals surface area contributed by atoms with Crippen LogP contribution in [-0.2, 0) is 6.54 Å². The minimum atomic E-state index is -0.469. The van der Waals surface area contributed by atoms with E-state index in [4.69, 9.17) is 11.6 Å². The molecular weight excluding hydrogens is 381 g/mol. The van der Waals surface area contributed by atoms with Crippen LogP contribution < -0.4 is 10.6 Å². The summed E-state index contributed by atoms with van der Waals surface area (Å²) in [5, 5.41) is 5.85. The van der Waals surface area contributed by atoms with E-state index >= 15 is 0 Å². The van der Waals surface area contributed by atoms with Crippen molar-refractivity contribution >= 4 is 29.1 Å². The zero-order valence-corrected chi connectivity index (χ0v) is 15.8. The topological polar surface area (TPSA) is 71.1 Å². The number of aryl methyl sites for hydroxylation is 1. The van der Waals surface area contributed by atoms with E-state index in [1.54, 1.807) is 36.4 Å². The third-order valence-electron chi connectivity index (χ3n) is 4.08. The molecule has 0 aliphatic heterocycles. The number of aromatic nitrogens is 1. The fraction of sp³-hybridized carbons (Fsp3) is 0.0952. The van der Waals surface area contributed by atoms with Gasteiger partial charge in [-0.2, -0.15) is 0 Å². The van der Waals surface area contributed by atoms with Gasteiger partial charge in [0, 0.05) is 34.6 Å². The van der Waals surface area contributed by atoms with Crippen LogP contribution in [0.5, 0.6) is 0 Å². The monoisotopic (exact) mass is 397 g/mol. The lowest BCUT2D eigenvalue weighted by Gasteiger charge is -2.09. The quantitative estimate of drug-likeness (QED) is 0.671. The number of hydrogen-bond donors (Lipinski definition) is 2. The second-order valence-electron chi connectivity index (χ2n) is 6.12. The Morgan fingerprint density at radius 3 is 2.61 bits per heavy atom. The summed E-state index contributed by atoms with van der Waals surface area (Å²) >= 11 is 6.06. The zero-order chi connectivity index (χ0) is 20.1. The second-order valence-corrected chi connectivity index (χ2v) is 6.53. The first-order chi connectivity index (χ1) is 13.4. The first-order valence-corrected chi connectivity index (χ1v) is 8.87. The van der Waals surface area contributed by atoms with Gasteiger partial charge in [0.1, 0.15) is 11.5 Å². The van der Waals surface area contributed by atoms with E-state index in [0.29, 0.717) is 16.3 Å². The molecule has 142 valence electrons. The standard InChI is InChI=1S/C21H17ClFN3O2/c1-13-6-7-16(11-17(13)22)26-21(28)19-10-14(8-9-24-19)20(27)25-12-15-4-2-3-5-18(15)23/h2-11H,12H2,1H3,(H,25,27)(H,26,28). The Balaban J connectivity index is 1.68. The molecule has 7 heteroatoms. The molecule has 0 bridgehead atoms. The van der Waals surface area contributed by atoms with Crippen molar-refractivity contribution in [3.05, 3.63) is 94.0 Å². The Labute approximate surface area is 166 Å². The number of halogens is 2. The lowest BCUT2D eigenvalue weighted by molar-refractivity contribution is 0.0950. The average molecular weight is 398 g/mol. The van der Waals surface area contributed by atoms with Crippen molar-refractivity contribution in [3.8, 4) is 0 Å². The SMILES string of the molecule is Cc1ccc(NC(=O)c2cc(C(=O)NCc3ccccc3F)ccn2)cc1Cl. The Bertz CT molecular complexity index is 1040. The molecule has 3 rings (SSSR count). The maximum absolute atomic E-state index is 13.6. The number of carbonyl (C=O) groups is 2. The van der Waals surface area contributed by atoms with Gasteiger partial charge in [0.15, 0.2) is 0 Å². The fourth-order valence-electron chi connectivity index (χ4n) is 2.48. The van der Waals surface area contributed by atoms with Gasteiger partial charge in [0.2, 0.25) is 0 Å². The first kappa shape index (κ1) is 19.5. The van der Waals surface area contributed by atoms with Gasteiger partial charge < -0.3 is 10.6 Å². The summed E-state index contributed by atoms with van der Waals surface area (Å²) in [6, 6.07) is 14.2. The van der Waals surface area contributed by atoms with Crippen LogP contribution in [0.3, 0.4) is 0 Å². The molecule has 2 N–H and O–H groups in total. The summed E-state index contributed by atoms with van der Waals surface area (Å²) in [4.78, 5) is 28.8. The third-order valence-corrected chi connectivity index (χ3v) is 4.49. The molecule has 1 heterocycles. The lowest BCUT2D eigenvalue weighted by atomic mass is 10.1. The van der Waals surface area contributed by atoms with Crippen molar-refractivity contribution in [2.24, 2.45) is 0 Å². The highest BCUT2D eigenvalue weighted by molar-refractivity contribution is 6.31. The van der Waals surface area contributed by atoms with Crippen molar-refractivity contribution in [3.63, 3.8) is 0 Å². The number of amides is 2. The van der Waals surface area contributed by atoms with Gasteiger partial charge in [-0.1, -0.05) is 35.9 Å². The molecule has 1 aromatic heterocycles. The number of hydrogen-bond acceptors (Lipinski definition) is 3. The molecule has 2 aromatic carbocycles. The predicted molar refractivity (Wildman–Crippen MR) is 106 cm³/mol. The van der Waals surface area contributed by atoms with Gasteiger partial charge in [-0.3, -0.25) is 14.6 Å². The van der Waals surface area contributed by atoms with E-state index in [1.807, 2.05) is 6.92 Å². The normalized spacial score (nSPS) is 10.4. The average Bonchev–Trinajstić information content (AvgIpc) is 2.70. The van der Waals surface area contributed by atoms with E-state index in [0.717, 1.165) is 5.56 Å². The van der Waals surface area contributed by atoms with Crippen LogP contribution in [0, 0.1) is 12.7 Å². The number of anilines is 1. The van der Waals surface area contributed by atoms with E-state index < -0.39 is 17.6 Å². The van der Waals surface area contributed by atoms with Crippen molar-refractivity contribution in [2.75, 3.05) is 5.32 Å². The Morgan fingerprint density at radius 2 is 1.86 bits per heavy atom. The number of pyridine rings is 1. The molecule has 0 atom stereocenters. The second kappa shape index (κ2) is 8.63. The van der Waals surface area contributed by atoms with Crippen molar-refractivity contribution in [1.29, 1.82) is 0 Å². The summed E-state index contributed by atoms with van der Waals surface area (Å²) in [6.45, 7) is 1.90. The zero-order valence-electron chi connectivity index (χ0n) is 15.0. The lowest BCUT2D eigenvalue weighted by Crippen LogP contribution is -2.24. The molecule has 0 spiro atoms. The van der Waals surface area contributed by atoms with Gasteiger partial charge in [-0.25, -0.2) is 4.39 Å². The largest absolute Gasteiger partial charge is 0.348 e. The molecule has 0 aliphatic carbocycles. The highest BCUT2D eigenvalue weighted by Gasteiger charge is 2.13. The van der Waals surface area contributed by atoms with E-state index in [2.05, 4.69) is 15.6 Å². The predicted octanol–water partition coefficient (Wildman–Crippen LogP) is 4.36. The van der Waals surface area contributed by atoms with Crippen molar-refractivity contribution in [2.45, 2.75) is 13.5 Å². The maximum Gasteiger partial charge on any atom is 0.274 e. The van der Waals surface area contributed by atoms with E-state index in [1.165, 1.54) is 24.4 Å². The fourth-order valence-corrected chi connectivity index (χ4v) is 2.66. The smallest absolute Gasteiger partial charge is 0.274 e. The molecular formula is C21H17ClFN3O2. The number of rotatable bonds is 5. The summed E-state index contributed by atoms with van der Waals surface area (Å²) < 4.78 is 13.6. The molecule has 2 amide bonds. The van der Waals surface area contributed by atoms with Gasteiger partial charge >= 0.3 is 0 Å². The summed E-state index contributed by atoms with van der Waals surface area (Å²) in [6.07, 6.45) is 1.37. The summed E-state index contributed by atoms with van der Waals surface area (Å²) in [5.74, 6) is -1.30. The third kappa shape index (κ3) is 4.72. The highest BCUT2D eigenvalue weighted by atomic mass is 35.5. The molecule has 3 aromatic rings. The summed E-state index contributed by atoms with van der Waals surface area (Å²) in [7, 11) is 0. The number of nitrogens with one attached hydrogen (secondary N) is 2. The molecule has 0 saturated carbocycles. The van der Waals surface area contributed by atoms with Gasteiger partial charge in [-0.15, -0.1) is 0 Å². The maximum atomic E-state index is 13.6. The van der Waals surface area contributed by atoms with Crippen LogP contribution in [0.25, 0.3) is 0 Å². The van der Waals surface area contributed by atoms with Gasteiger partial charge in [0.05, 0.1) is 0 Å². The van der Waals surface area contributed by atoms with Crippen LogP contribution in [0.4, 0.5) is 10.1 Å². The molecule has 0 aliphatic rings. The number of nitrogens with zero attached hydrogens (tertiary/aromatic N) is 1. The minimum Gasteiger partial charge on any atom is -0.348 e. The molecule has 0 unspecified atom stereocenters. The van der Waals surface area contributed by atoms with Crippen LogP contribution in [0.2, 0.25) is 5.02 Å². The van der Waals surface area contributed by atoms with Crippen LogP contribution in [-0.4, -0.2) is 16.8 Å². The highest BCUT2D eigenvalue weighted by Crippen LogP contribution is 2.20. The molecule has 0 radical (unpaired) electrons. The van der Waals surface area contributed by atoms with Crippen LogP contribution >= 0.6 is 11.6 Å². The molecule has 28 heavy (non-hydrogen) atoms. The molecule has 0 fully saturated rings. The van der Waals surface area contributed by atoms with Crippen LogP contribution in [0.15, 0.2) is 60.8 Å². The Kier molecular flexibility index (Phi) is 6.01. The Hall–Kier alpha value is -3.25. The molecule has 5 nitrogen and oxygen atoms in total. The van der Waals surface area contributed by atoms with Gasteiger partial charge in [0.25, 0.3) is 11.8 Å². The van der Waals surface area contributed by atoms with Gasteiger partial charge in [-0.05, 0) is 42.8 Å². The summed E-state index contributed by atoms with van der Waals surface area (Å²) in [5.41, 5.74) is 2.12. The van der Waals surface area contributed by atoms with Crippen molar-refractivity contribution in [1.82, 2.24) is 10.3 Å². The van der Waals surface area contributed by atoms with E-state index in [-0.39, 0.29) is 17.8 Å². The number of benzene rings is 2. The van der Waals surface area contributed by atoms with Crippen molar-refractivity contribution < 1.29 is 14.0 Å². The Morgan fingerprint density at radius 1 is 1.07 bits per heavy atom. The first-order valence-electron chi connectivity index (χ1n) is 8.49. The number of carbonyl (C=O) groups excluding carboxylic acids is 2. The molecule has 0 saturated heterocycles. The van der Waals surface area contributed by atoms with Crippen LogP contribution in [0.1, 0.15) is 32.0 Å². The van der Waals surface area contributed by atoms with E-state index in [9.17, 15) is 14.0 Å². The minimum absolute atomic E-state index is 0.0389.